The van der Waals surface area contributed by atoms with E-state index in [4.69, 9.17) is 26.2 Å². The fraction of sp³-hybridized carbons (Fsp3) is 0.200. The van der Waals surface area contributed by atoms with Gasteiger partial charge < -0.3 is 14.6 Å². The monoisotopic (exact) mass is 529 g/mol. The Hall–Kier alpha value is -3.03. The van der Waals surface area contributed by atoms with E-state index in [1.165, 1.54) is 0 Å². The zero-order valence-electron chi connectivity index (χ0n) is 17.7. The minimum absolute atomic E-state index is 0.165. The number of halogens is 2. The van der Waals surface area contributed by atoms with Gasteiger partial charge in [0, 0.05) is 15.1 Å². The second-order valence-corrected chi connectivity index (χ2v) is 9.16. The maximum Gasteiger partial charge on any atom is 0.411 e. The minimum atomic E-state index is -0.956. The molecule has 33 heavy (non-hydrogen) atoms. The zero-order chi connectivity index (χ0) is 23.5. The predicted molar refractivity (Wildman–Crippen MR) is 128 cm³/mol. The number of nitrogens with zero attached hydrogens (tertiary/aromatic N) is 1. The summed E-state index contributed by atoms with van der Waals surface area (Å²) in [5.41, 5.74) is 2.24. The highest BCUT2D eigenvalue weighted by Crippen LogP contribution is 2.36. The number of carboxylic acids is 1. The first-order valence-electron chi connectivity index (χ1n) is 10.3. The van der Waals surface area contributed by atoms with Crippen molar-refractivity contribution in [3.05, 3.63) is 92.9 Å². The van der Waals surface area contributed by atoms with Gasteiger partial charge in [0.1, 0.15) is 17.6 Å². The Morgan fingerprint density at radius 1 is 1.15 bits per heavy atom. The molecule has 1 heterocycles. The lowest BCUT2D eigenvalue weighted by molar-refractivity contribution is -0.136. The number of cyclic esters (lactones) is 1. The number of amides is 1. The van der Waals surface area contributed by atoms with Crippen molar-refractivity contribution in [2.75, 3.05) is 0 Å². The number of carbonyl (C=O) groups is 2. The Morgan fingerprint density at radius 3 is 2.64 bits per heavy atom. The first kappa shape index (κ1) is 23.1. The normalized spacial score (nSPS) is 17.7. The van der Waals surface area contributed by atoms with Gasteiger partial charge in [0.25, 0.3) is 0 Å². The highest BCUT2D eigenvalue weighted by atomic mass is 79.9. The largest absolute Gasteiger partial charge is 0.481 e. The Bertz CT molecular complexity index is 1190. The van der Waals surface area contributed by atoms with Crippen molar-refractivity contribution >= 4 is 39.6 Å². The van der Waals surface area contributed by atoms with Crippen molar-refractivity contribution in [1.82, 2.24) is 4.90 Å². The van der Waals surface area contributed by atoms with Gasteiger partial charge in [-0.3, -0.25) is 9.69 Å². The number of carbonyl (C=O) groups excluding carboxylic acids is 1. The van der Waals surface area contributed by atoms with Gasteiger partial charge in [0.05, 0.1) is 19.0 Å². The van der Waals surface area contributed by atoms with Crippen molar-refractivity contribution in [3.8, 4) is 11.5 Å². The summed E-state index contributed by atoms with van der Waals surface area (Å²) in [6.45, 7) is 2.23. The summed E-state index contributed by atoms with van der Waals surface area (Å²) in [6, 6.07) is 19.8. The molecular weight excluding hydrogens is 510 g/mol. The second-order valence-electron chi connectivity index (χ2n) is 7.80. The molecule has 8 heteroatoms. The molecule has 1 fully saturated rings. The van der Waals surface area contributed by atoms with E-state index >= 15 is 0 Å². The van der Waals surface area contributed by atoms with Crippen LogP contribution in [-0.2, 0) is 22.5 Å². The fourth-order valence-corrected chi connectivity index (χ4v) is 4.50. The molecule has 0 radical (unpaired) electrons. The molecule has 0 spiro atoms. The molecule has 1 N–H and O–H groups in total. The SMILES string of the molecule is C[C@@H]1[C@H](c2ccccc2)OC(=O)N1Cc1cc(Br)ccc1Oc1cc(Cl)cc(CC(=O)O)c1. The molecule has 3 aromatic carbocycles. The predicted octanol–water partition coefficient (Wildman–Crippen LogP) is 6.60. The summed E-state index contributed by atoms with van der Waals surface area (Å²) in [7, 11) is 0. The average Bonchev–Trinajstić information content (AvgIpc) is 3.03. The van der Waals surface area contributed by atoms with E-state index in [9.17, 15) is 9.59 Å². The molecule has 0 aromatic heterocycles. The van der Waals surface area contributed by atoms with Crippen molar-refractivity contribution in [2.45, 2.75) is 32.0 Å². The van der Waals surface area contributed by atoms with Crippen molar-refractivity contribution in [3.63, 3.8) is 0 Å². The Labute approximate surface area is 204 Å². The van der Waals surface area contributed by atoms with Gasteiger partial charge in [-0.05, 0) is 54.4 Å². The van der Waals surface area contributed by atoms with Gasteiger partial charge in [-0.2, -0.15) is 0 Å². The number of aliphatic carboxylic acids is 1. The van der Waals surface area contributed by atoms with Gasteiger partial charge in [-0.15, -0.1) is 0 Å². The van der Waals surface area contributed by atoms with Crippen LogP contribution >= 0.6 is 27.5 Å². The Kier molecular flexibility index (Phi) is 6.91. The molecule has 0 bridgehead atoms. The first-order valence-corrected chi connectivity index (χ1v) is 11.5. The Balaban J connectivity index is 1.59. The van der Waals surface area contributed by atoms with Crippen LogP contribution < -0.4 is 4.74 Å². The lowest BCUT2D eigenvalue weighted by Gasteiger charge is -2.22. The summed E-state index contributed by atoms with van der Waals surface area (Å²) in [5, 5.41) is 9.47. The highest BCUT2D eigenvalue weighted by molar-refractivity contribution is 9.10. The molecule has 0 unspecified atom stereocenters. The third kappa shape index (κ3) is 5.49. The molecule has 1 saturated heterocycles. The van der Waals surface area contributed by atoms with Crippen molar-refractivity contribution < 1.29 is 24.2 Å². The van der Waals surface area contributed by atoms with E-state index in [0.717, 1.165) is 15.6 Å². The third-order valence-corrected chi connectivity index (χ3v) is 6.11. The number of ether oxygens (including phenoxy) is 2. The van der Waals surface area contributed by atoms with Gasteiger partial charge in [0.2, 0.25) is 0 Å². The summed E-state index contributed by atoms with van der Waals surface area (Å²) < 4.78 is 12.6. The highest BCUT2D eigenvalue weighted by Gasteiger charge is 2.39. The van der Waals surface area contributed by atoms with Crippen molar-refractivity contribution in [1.29, 1.82) is 0 Å². The van der Waals surface area contributed by atoms with Gasteiger partial charge in [-0.25, -0.2) is 4.79 Å². The van der Waals surface area contributed by atoms with E-state index < -0.39 is 12.1 Å². The van der Waals surface area contributed by atoms with Crippen LogP contribution in [0.5, 0.6) is 11.5 Å². The molecule has 2 atom stereocenters. The van der Waals surface area contributed by atoms with E-state index in [0.29, 0.717) is 22.1 Å². The standard InChI is InChI=1S/C25H21BrClNO5/c1-15-24(17-5-3-2-4-6-17)33-25(31)28(15)14-18-12-19(26)7-8-22(18)32-21-10-16(11-23(29)30)9-20(27)13-21/h2-10,12-13,15,24H,11,14H2,1H3,(H,29,30)/t15-,24-/m1/s1. The molecule has 170 valence electrons. The van der Waals surface area contributed by atoms with Crippen LogP contribution in [0, 0.1) is 0 Å². The summed E-state index contributed by atoms with van der Waals surface area (Å²) in [5.74, 6) is -0.00603. The third-order valence-electron chi connectivity index (χ3n) is 5.40. The Morgan fingerprint density at radius 2 is 1.91 bits per heavy atom. The number of rotatable bonds is 7. The average molecular weight is 531 g/mol. The smallest absolute Gasteiger partial charge is 0.411 e. The van der Waals surface area contributed by atoms with Gasteiger partial charge >= 0.3 is 12.1 Å². The summed E-state index contributed by atoms with van der Waals surface area (Å²) in [6.07, 6.45) is -0.919. The fourth-order valence-electron chi connectivity index (χ4n) is 3.84. The lowest BCUT2D eigenvalue weighted by Crippen LogP contribution is -2.31. The molecule has 4 rings (SSSR count). The number of hydrogen-bond acceptors (Lipinski definition) is 4. The maximum atomic E-state index is 12.7. The van der Waals surface area contributed by atoms with Crippen molar-refractivity contribution in [2.24, 2.45) is 0 Å². The zero-order valence-corrected chi connectivity index (χ0v) is 20.0. The van der Waals surface area contributed by atoms with E-state index in [2.05, 4.69) is 15.9 Å². The van der Waals surface area contributed by atoms with E-state index in [1.54, 1.807) is 29.2 Å². The van der Waals surface area contributed by atoms with Crippen LogP contribution in [0.3, 0.4) is 0 Å². The van der Waals surface area contributed by atoms with Gasteiger partial charge in [-0.1, -0.05) is 57.9 Å². The molecule has 0 aliphatic carbocycles. The molecular formula is C25H21BrClNO5. The minimum Gasteiger partial charge on any atom is -0.481 e. The quantitative estimate of drug-likeness (QED) is 0.372. The van der Waals surface area contributed by atoms with Crippen LogP contribution in [0.2, 0.25) is 5.02 Å². The van der Waals surface area contributed by atoms with Crippen LogP contribution in [0.15, 0.2) is 71.2 Å². The van der Waals surface area contributed by atoms with E-state index in [-0.39, 0.29) is 25.1 Å². The number of benzene rings is 3. The molecule has 1 aliphatic rings. The van der Waals surface area contributed by atoms with Crippen LogP contribution in [0.4, 0.5) is 4.79 Å². The van der Waals surface area contributed by atoms with Crippen LogP contribution in [0.1, 0.15) is 29.7 Å². The lowest BCUT2D eigenvalue weighted by atomic mass is 10.0. The number of carboxylic acid groups (broad SMARTS) is 1. The summed E-state index contributed by atoms with van der Waals surface area (Å²) in [4.78, 5) is 25.5. The maximum absolute atomic E-state index is 12.7. The molecule has 3 aromatic rings. The number of hydrogen-bond donors (Lipinski definition) is 1. The molecule has 1 amide bonds. The second kappa shape index (κ2) is 9.85. The summed E-state index contributed by atoms with van der Waals surface area (Å²) >= 11 is 9.65. The van der Waals surface area contributed by atoms with Crippen LogP contribution in [0.25, 0.3) is 0 Å². The molecule has 6 nitrogen and oxygen atoms in total. The molecule has 1 aliphatic heterocycles. The first-order chi connectivity index (χ1) is 15.8. The van der Waals surface area contributed by atoms with Gasteiger partial charge in [0.15, 0.2) is 0 Å². The molecule has 0 saturated carbocycles. The van der Waals surface area contributed by atoms with Crippen LogP contribution in [-0.4, -0.2) is 28.1 Å². The topological polar surface area (TPSA) is 76.1 Å². The van der Waals surface area contributed by atoms with E-state index in [1.807, 2.05) is 49.4 Å².